The normalized spacial score (nSPS) is 12.0. The van der Waals surface area contributed by atoms with Gasteiger partial charge in [0, 0.05) is 6.54 Å². The molecule has 122 valence electrons. The van der Waals surface area contributed by atoms with Crippen molar-refractivity contribution >= 4 is 28.6 Å². The number of fused-ring (bicyclic) bond motifs is 1. The van der Waals surface area contributed by atoms with Crippen LogP contribution in [0.25, 0.3) is 10.9 Å². The Labute approximate surface area is 143 Å². The lowest BCUT2D eigenvalue weighted by Gasteiger charge is -2.11. The number of hydrogen-bond acceptors (Lipinski definition) is 4. The van der Waals surface area contributed by atoms with Crippen LogP contribution in [0.1, 0.15) is 12.5 Å². The van der Waals surface area contributed by atoms with Gasteiger partial charge in [-0.05, 0) is 24.6 Å². The predicted molar refractivity (Wildman–Crippen MR) is 96.0 cm³/mol. The first kappa shape index (κ1) is 16.3. The second-order valence-corrected chi connectivity index (χ2v) is 6.68. The summed E-state index contributed by atoms with van der Waals surface area (Å²) in [5.41, 5.74) is 1.47. The highest BCUT2D eigenvalue weighted by Gasteiger charge is 2.16. The summed E-state index contributed by atoms with van der Waals surface area (Å²) in [5.74, 6) is -0.0975. The largest absolute Gasteiger partial charge is 0.351 e. The number of para-hydroxylation sites is 1. The Balaban J connectivity index is 1.67. The lowest BCUT2D eigenvalue weighted by molar-refractivity contribution is -0.120. The van der Waals surface area contributed by atoms with Crippen molar-refractivity contribution in [2.75, 3.05) is 0 Å². The fraction of sp³-hybridized carbons (Fsp3) is 0.167. The van der Waals surface area contributed by atoms with Gasteiger partial charge in [-0.1, -0.05) is 54.2 Å². The lowest BCUT2D eigenvalue weighted by Crippen LogP contribution is -2.30. The number of carbonyl (C=O) groups is 1. The highest BCUT2D eigenvalue weighted by atomic mass is 32.2. The molecule has 0 fully saturated rings. The van der Waals surface area contributed by atoms with Crippen molar-refractivity contribution in [1.29, 1.82) is 0 Å². The lowest BCUT2D eigenvalue weighted by atomic mass is 10.2. The molecule has 2 N–H and O–H groups in total. The van der Waals surface area contributed by atoms with Crippen molar-refractivity contribution in [3.63, 3.8) is 0 Å². The molecule has 0 bridgehead atoms. The zero-order valence-electron chi connectivity index (χ0n) is 13.2. The molecule has 0 aliphatic rings. The second kappa shape index (κ2) is 7.31. The summed E-state index contributed by atoms with van der Waals surface area (Å²) in [6.07, 6.45) is 0. The van der Waals surface area contributed by atoms with E-state index in [2.05, 4.69) is 15.3 Å². The van der Waals surface area contributed by atoms with E-state index in [0.717, 1.165) is 5.56 Å². The molecule has 3 rings (SSSR count). The number of H-pyrrole nitrogens is 1. The molecule has 0 aliphatic heterocycles. The molecular weight excluding hydrogens is 322 g/mol. The number of nitrogens with zero attached hydrogens (tertiary/aromatic N) is 1. The van der Waals surface area contributed by atoms with Crippen molar-refractivity contribution in [2.24, 2.45) is 0 Å². The first-order valence-corrected chi connectivity index (χ1v) is 8.49. The van der Waals surface area contributed by atoms with E-state index in [1.807, 2.05) is 36.4 Å². The van der Waals surface area contributed by atoms with Crippen LogP contribution in [0.3, 0.4) is 0 Å². The van der Waals surface area contributed by atoms with Crippen LogP contribution < -0.4 is 10.9 Å². The van der Waals surface area contributed by atoms with Gasteiger partial charge in [0.1, 0.15) is 0 Å². The maximum atomic E-state index is 12.2. The molecule has 5 nitrogen and oxygen atoms in total. The minimum atomic E-state index is -0.363. The van der Waals surface area contributed by atoms with Crippen molar-refractivity contribution in [2.45, 2.75) is 23.9 Å². The standard InChI is InChI=1S/C18H17N3O2S/c1-12(16(22)19-11-13-7-3-2-4-8-13)24-18-20-15-10-6-5-9-14(15)17(23)21-18/h2-10,12H,11H2,1H3,(H,19,22)(H,20,21,23). The third-order valence-corrected chi connectivity index (χ3v) is 4.54. The molecule has 24 heavy (non-hydrogen) atoms. The van der Waals surface area contributed by atoms with Gasteiger partial charge in [-0.25, -0.2) is 4.98 Å². The maximum absolute atomic E-state index is 12.2. The number of thioether (sulfide) groups is 1. The van der Waals surface area contributed by atoms with Crippen molar-refractivity contribution in [1.82, 2.24) is 15.3 Å². The Kier molecular flexibility index (Phi) is 4.96. The molecule has 2 aromatic carbocycles. The SMILES string of the molecule is CC(Sc1nc2ccccc2c(=O)[nH]1)C(=O)NCc1ccccc1. The summed E-state index contributed by atoms with van der Waals surface area (Å²) in [5, 5.41) is 3.52. The highest BCUT2D eigenvalue weighted by molar-refractivity contribution is 8.00. The molecule has 0 spiro atoms. The van der Waals surface area contributed by atoms with Gasteiger partial charge in [0.25, 0.3) is 5.56 Å². The Morgan fingerprint density at radius 1 is 1.17 bits per heavy atom. The molecule has 0 aliphatic carbocycles. The van der Waals surface area contributed by atoms with Gasteiger partial charge >= 0.3 is 0 Å². The van der Waals surface area contributed by atoms with Crippen molar-refractivity contribution in [3.8, 4) is 0 Å². The molecule has 0 radical (unpaired) electrons. The number of benzene rings is 2. The van der Waals surface area contributed by atoms with E-state index in [1.165, 1.54) is 11.8 Å². The van der Waals surface area contributed by atoms with Crippen molar-refractivity contribution in [3.05, 3.63) is 70.5 Å². The summed E-state index contributed by atoms with van der Waals surface area (Å²) >= 11 is 1.24. The maximum Gasteiger partial charge on any atom is 0.259 e. The van der Waals surface area contributed by atoms with Crippen LogP contribution in [0, 0.1) is 0 Å². The molecule has 6 heteroatoms. The van der Waals surface area contributed by atoms with Crippen LogP contribution in [-0.4, -0.2) is 21.1 Å². The molecule has 3 aromatic rings. The van der Waals surface area contributed by atoms with E-state index in [9.17, 15) is 9.59 Å². The minimum absolute atomic E-state index is 0.0975. The molecule has 1 aromatic heterocycles. The third-order valence-electron chi connectivity index (χ3n) is 3.56. The summed E-state index contributed by atoms with van der Waals surface area (Å²) in [7, 11) is 0. The first-order valence-electron chi connectivity index (χ1n) is 7.61. The van der Waals surface area contributed by atoms with E-state index < -0.39 is 0 Å². The molecule has 1 heterocycles. The van der Waals surface area contributed by atoms with Crippen LogP contribution in [0.15, 0.2) is 64.5 Å². The number of nitrogens with one attached hydrogen (secondary N) is 2. The summed E-state index contributed by atoms with van der Waals surface area (Å²) in [6.45, 7) is 2.27. The molecule has 1 amide bonds. The van der Waals surface area contributed by atoms with Gasteiger partial charge in [0.2, 0.25) is 5.91 Å². The van der Waals surface area contributed by atoms with E-state index in [1.54, 1.807) is 25.1 Å². The summed E-state index contributed by atoms with van der Waals surface area (Å²) < 4.78 is 0. The van der Waals surface area contributed by atoms with Gasteiger partial charge < -0.3 is 10.3 Å². The van der Waals surface area contributed by atoms with E-state index in [0.29, 0.717) is 22.6 Å². The van der Waals surface area contributed by atoms with E-state index >= 15 is 0 Å². The monoisotopic (exact) mass is 339 g/mol. The van der Waals surface area contributed by atoms with Gasteiger partial charge in [-0.2, -0.15) is 0 Å². The Morgan fingerprint density at radius 3 is 2.67 bits per heavy atom. The second-order valence-electron chi connectivity index (χ2n) is 5.35. The third kappa shape index (κ3) is 3.83. The van der Waals surface area contributed by atoms with Gasteiger partial charge in [0.15, 0.2) is 5.16 Å². The smallest absolute Gasteiger partial charge is 0.259 e. The highest BCUT2D eigenvalue weighted by Crippen LogP contribution is 2.20. The predicted octanol–water partition coefficient (Wildman–Crippen LogP) is 2.72. The van der Waals surface area contributed by atoms with Gasteiger partial charge in [-0.3, -0.25) is 9.59 Å². The summed E-state index contributed by atoms with van der Waals surface area (Å²) in [6, 6.07) is 16.9. The van der Waals surface area contributed by atoms with E-state index in [4.69, 9.17) is 0 Å². The Hall–Kier alpha value is -2.60. The van der Waals surface area contributed by atoms with Gasteiger partial charge in [-0.15, -0.1) is 0 Å². The Morgan fingerprint density at radius 2 is 1.88 bits per heavy atom. The van der Waals surface area contributed by atoms with Crippen molar-refractivity contribution < 1.29 is 4.79 Å². The topological polar surface area (TPSA) is 74.8 Å². The van der Waals surface area contributed by atoms with Crippen LogP contribution >= 0.6 is 11.8 Å². The molecule has 0 saturated carbocycles. The van der Waals surface area contributed by atoms with Crippen LogP contribution in [0.4, 0.5) is 0 Å². The fourth-order valence-corrected chi connectivity index (χ4v) is 3.10. The minimum Gasteiger partial charge on any atom is -0.351 e. The summed E-state index contributed by atoms with van der Waals surface area (Å²) in [4.78, 5) is 31.4. The quantitative estimate of drug-likeness (QED) is 0.554. The number of rotatable bonds is 5. The molecular formula is C18H17N3O2S. The van der Waals surface area contributed by atoms with Crippen LogP contribution in [-0.2, 0) is 11.3 Å². The number of aromatic nitrogens is 2. The molecule has 1 unspecified atom stereocenters. The molecule has 0 saturated heterocycles. The fourth-order valence-electron chi connectivity index (χ4n) is 2.27. The van der Waals surface area contributed by atoms with Crippen LogP contribution in [0.2, 0.25) is 0 Å². The number of carbonyl (C=O) groups excluding carboxylic acids is 1. The van der Waals surface area contributed by atoms with E-state index in [-0.39, 0.29) is 16.7 Å². The average Bonchev–Trinajstić information content (AvgIpc) is 2.60. The van der Waals surface area contributed by atoms with Gasteiger partial charge in [0.05, 0.1) is 16.2 Å². The van der Waals surface area contributed by atoms with Crippen LogP contribution in [0.5, 0.6) is 0 Å². The number of aromatic amines is 1. The zero-order chi connectivity index (χ0) is 16.9. The number of hydrogen-bond donors (Lipinski definition) is 2. The number of amides is 1. The molecule has 1 atom stereocenters. The Bertz CT molecular complexity index is 909. The first-order chi connectivity index (χ1) is 11.6. The zero-order valence-corrected chi connectivity index (χ0v) is 14.0. The average molecular weight is 339 g/mol.